The van der Waals surface area contributed by atoms with Gasteiger partial charge in [0, 0.05) is 0 Å². The first-order valence-electron chi connectivity index (χ1n) is 4.38. The molecular formula is C9H12N2O2. The molecule has 0 radical (unpaired) electrons. The molecule has 2 aliphatic rings. The summed E-state index contributed by atoms with van der Waals surface area (Å²) in [6, 6.07) is 0. The van der Waals surface area contributed by atoms with E-state index in [9.17, 15) is 9.59 Å². The molecule has 0 unspecified atom stereocenters. The fraction of sp³-hybridized carbons (Fsp3) is 0.556. The molecule has 0 heterocycles. The predicted molar refractivity (Wildman–Crippen MR) is 46.1 cm³/mol. The van der Waals surface area contributed by atoms with Gasteiger partial charge in [0.25, 0.3) is 0 Å². The Balaban J connectivity index is 2.30. The van der Waals surface area contributed by atoms with Gasteiger partial charge in [0.2, 0.25) is 11.8 Å². The van der Waals surface area contributed by atoms with Crippen LogP contribution in [0.1, 0.15) is 6.42 Å². The van der Waals surface area contributed by atoms with Crippen molar-refractivity contribution >= 4 is 11.8 Å². The number of rotatable bonds is 2. The zero-order valence-corrected chi connectivity index (χ0v) is 7.14. The molecule has 2 bridgehead atoms. The van der Waals surface area contributed by atoms with Gasteiger partial charge < -0.3 is 11.5 Å². The number of fused-ring (bicyclic) bond motifs is 2. The molecule has 4 atom stereocenters. The van der Waals surface area contributed by atoms with Gasteiger partial charge in [-0.2, -0.15) is 0 Å². The smallest absolute Gasteiger partial charge is 0.221 e. The van der Waals surface area contributed by atoms with Gasteiger partial charge in [0.05, 0.1) is 11.8 Å². The van der Waals surface area contributed by atoms with Crippen molar-refractivity contribution in [2.45, 2.75) is 6.42 Å². The lowest BCUT2D eigenvalue weighted by Gasteiger charge is -2.22. The Labute approximate surface area is 76.0 Å². The molecule has 2 aliphatic carbocycles. The first-order valence-corrected chi connectivity index (χ1v) is 4.38. The number of hydrogen-bond acceptors (Lipinski definition) is 2. The second-order valence-corrected chi connectivity index (χ2v) is 3.80. The fourth-order valence-corrected chi connectivity index (χ4v) is 2.60. The first kappa shape index (κ1) is 8.29. The van der Waals surface area contributed by atoms with Crippen molar-refractivity contribution in [2.24, 2.45) is 35.1 Å². The highest BCUT2D eigenvalue weighted by molar-refractivity contribution is 5.88. The normalized spacial score (nSPS) is 40.9. The van der Waals surface area contributed by atoms with Crippen LogP contribution in [0.5, 0.6) is 0 Å². The van der Waals surface area contributed by atoms with Crippen molar-refractivity contribution in [3.63, 3.8) is 0 Å². The minimum absolute atomic E-state index is 0.139. The van der Waals surface area contributed by atoms with Crippen LogP contribution in [-0.2, 0) is 9.59 Å². The second kappa shape index (κ2) is 2.58. The third-order valence-electron chi connectivity index (χ3n) is 3.12. The first-order chi connectivity index (χ1) is 6.11. The maximum atomic E-state index is 11.1. The Kier molecular flexibility index (Phi) is 1.65. The summed E-state index contributed by atoms with van der Waals surface area (Å²) >= 11 is 0. The zero-order valence-electron chi connectivity index (χ0n) is 7.14. The molecule has 0 saturated heterocycles. The monoisotopic (exact) mass is 180 g/mol. The maximum Gasteiger partial charge on any atom is 0.221 e. The van der Waals surface area contributed by atoms with E-state index in [1.54, 1.807) is 0 Å². The van der Waals surface area contributed by atoms with Crippen LogP contribution in [0.4, 0.5) is 0 Å². The molecule has 4 N–H and O–H groups in total. The molecule has 0 aromatic carbocycles. The summed E-state index contributed by atoms with van der Waals surface area (Å²) in [4.78, 5) is 22.2. The van der Waals surface area contributed by atoms with E-state index in [1.165, 1.54) is 0 Å². The van der Waals surface area contributed by atoms with E-state index in [2.05, 4.69) is 0 Å². The lowest BCUT2D eigenvalue weighted by molar-refractivity contribution is -0.131. The molecule has 0 aromatic rings. The van der Waals surface area contributed by atoms with Crippen molar-refractivity contribution < 1.29 is 9.59 Å². The third-order valence-corrected chi connectivity index (χ3v) is 3.12. The summed E-state index contributed by atoms with van der Waals surface area (Å²) in [5.41, 5.74) is 10.5. The van der Waals surface area contributed by atoms with Gasteiger partial charge in [-0.3, -0.25) is 9.59 Å². The standard InChI is InChI=1S/C9H12N2O2/c10-8(12)6-4-1-2-5(3-4)7(6)9(11)13/h1-2,4-7H,3H2,(H2,10,12)(H2,11,13)/t4-,5+,6-,7-/m1/s1. The fourth-order valence-electron chi connectivity index (χ4n) is 2.60. The van der Waals surface area contributed by atoms with E-state index in [-0.39, 0.29) is 23.7 Å². The number of carbonyl (C=O) groups excluding carboxylic acids is 2. The molecular weight excluding hydrogens is 168 g/mol. The molecule has 4 nitrogen and oxygen atoms in total. The summed E-state index contributed by atoms with van der Waals surface area (Å²) in [7, 11) is 0. The van der Waals surface area contributed by atoms with Crippen LogP contribution < -0.4 is 11.5 Å². The molecule has 0 spiro atoms. The predicted octanol–water partition coefficient (Wildman–Crippen LogP) is -0.605. The van der Waals surface area contributed by atoms with Crippen molar-refractivity contribution in [3.8, 4) is 0 Å². The molecule has 13 heavy (non-hydrogen) atoms. The van der Waals surface area contributed by atoms with Crippen LogP contribution in [0.2, 0.25) is 0 Å². The Morgan fingerprint density at radius 1 is 1.00 bits per heavy atom. The molecule has 0 aliphatic heterocycles. The lowest BCUT2D eigenvalue weighted by Crippen LogP contribution is -2.39. The van der Waals surface area contributed by atoms with Gasteiger partial charge in [-0.15, -0.1) is 0 Å². The Bertz CT molecular complexity index is 270. The Morgan fingerprint density at radius 3 is 1.69 bits per heavy atom. The van der Waals surface area contributed by atoms with Gasteiger partial charge >= 0.3 is 0 Å². The molecule has 1 fully saturated rings. The van der Waals surface area contributed by atoms with Crippen molar-refractivity contribution in [1.29, 1.82) is 0 Å². The Hall–Kier alpha value is -1.32. The highest BCUT2D eigenvalue weighted by Gasteiger charge is 2.49. The topological polar surface area (TPSA) is 86.2 Å². The largest absolute Gasteiger partial charge is 0.369 e. The van der Waals surface area contributed by atoms with Gasteiger partial charge in [-0.1, -0.05) is 12.2 Å². The average Bonchev–Trinajstić information content (AvgIpc) is 2.60. The SMILES string of the molecule is NC(=O)[C@H]1[C@H](C(N)=O)[C@H]2C=C[C@@H]1C2. The number of amides is 2. The molecule has 4 heteroatoms. The highest BCUT2D eigenvalue weighted by atomic mass is 16.2. The maximum absolute atomic E-state index is 11.1. The Morgan fingerprint density at radius 2 is 1.38 bits per heavy atom. The van der Waals surface area contributed by atoms with Crippen molar-refractivity contribution in [1.82, 2.24) is 0 Å². The van der Waals surface area contributed by atoms with Crippen LogP contribution in [0.15, 0.2) is 12.2 Å². The minimum Gasteiger partial charge on any atom is -0.369 e. The van der Waals surface area contributed by atoms with E-state index in [1.807, 2.05) is 12.2 Å². The van der Waals surface area contributed by atoms with Crippen molar-refractivity contribution in [3.05, 3.63) is 12.2 Å². The van der Waals surface area contributed by atoms with Gasteiger partial charge in [-0.25, -0.2) is 0 Å². The third kappa shape index (κ3) is 1.05. The van der Waals surface area contributed by atoms with Crippen LogP contribution >= 0.6 is 0 Å². The zero-order chi connectivity index (χ0) is 9.59. The van der Waals surface area contributed by atoms with Crippen LogP contribution in [-0.4, -0.2) is 11.8 Å². The van der Waals surface area contributed by atoms with Gasteiger partial charge in [0.1, 0.15) is 0 Å². The summed E-state index contributed by atoms with van der Waals surface area (Å²) in [6.45, 7) is 0. The number of nitrogens with two attached hydrogens (primary N) is 2. The van der Waals surface area contributed by atoms with Crippen molar-refractivity contribution in [2.75, 3.05) is 0 Å². The lowest BCUT2D eigenvalue weighted by atomic mass is 9.82. The van der Waals surface area contributed by atoms with Crippen LogP contribution in [0, 0.1) is 23.7 Å². The van der Waals surface area contributed by atoms with E-state index in [0.29, 0.717) is 0 Å². The van der Waals surface area contributed by atoms with E-state index < -0.39 is 11.8 Å². The van der Waals surface area contributed by atoms with Gasteiger partial charge in [-0.05, 0) is 18.3 Å². The number of hydrogen-bond donors (Lipinski definition) is 2. The molecule has 0 aromatic heterocycles. The van der Waals surface area contributed by atoms with E-state index >= 15 is 0 Å². The average molecular weight is 180 g/mol. The number of primary amides is 2. The summed E-state index contributed by atoms with van der Waals surface area (Å²) in [5, 5.41) is 0. The van der Waals surface area contributed by atoms with E-state index in [4.69, 9.17) is 11.5 Å². The highest BCUT2D eigenvalue weighted by Crippen LogP contribution is 2.47. The minimum atomic E-state index is -0.402. The van der Waals surface area contributed by atoms with E-state index in [0.717, 1.165) is 6.42 Å². The number of allylic oxidation sites excluding steroid dienone is 2. The van der Waals surface area contributed by atoms with Gasteiger partial charge in [0.15, 0.2) is 0 Å². The summed E-state index contributed by atoms with van der Waals surface area (Å²) in [6.07, 6.45) is 4.79. The van der Waals surface area contributed by atoms with Crippen LogP contribution in [0.25, 0.3) is 0 Å². The summed E-state index contributed by atoms with van der Waals surface area (Å²) in [5.74, 6) is -1.26. The molecule has 2 rings (SSSR count). The number of carbonyl (C=O) groups is 2. The quantitative estimate of drug-likeness (QED) is 0.556. The van der Waals surface area contributed by atoms with Crippen LogP contribution in [0.3, 0.4) is 0 Å². The molecule has 70 valence electrons. The summed E-state index contributed by atoms with van der Waals surface area (Å²) < 4.78 is 0. The second-order valence-electron chi connectivity index (χ2n) is 3.80. The molecule has 1 saturated carbocycles. The molecule has 2 amide bonds.